The second-order valence-corrected chi connectivity index (χ2v) is 7.94. The standard InChI is InChI=1S/C17H28N2O4/c1-16(2,3)23-15(22)17(4)9-10-19(11-17)14(21)12-7-5-6-8-13(20)18-12/h12H,5-11H2,1-4H3,(H,18,20)/t12-,17-/m0/s1. The van der Waals surface area contributed by atoms with E-state index in [1.165, 1.54) is 0 Å². The van der Waals surface area contributed by atoms with Crippen LogP contribution in [0.1, 0.15) is 59.8 Å². The van der Waals surface area contributed by atoms with Crippen molar-refractivity contribution in [3.8, 4) is 0 Å². The van der Waals surface area contributed by atoms with Crippen molar-refractivity contribution in [2.45, 2.75) is 71.4 Å². The molecule has 2 amide bonds. The maximum atomic E-state index is 12.7. The van der Waals surface area contributed by atoms with Gasteiger partial charge < -0.3 is 15.0 Å². The maximum Gasteiger partial charge on any atom is 0.314 e. The summed E-state index contributed by atoms with van der Waals surface area (Å²) in [5.74, 6) is -0.396. The molecule has 0 unspecified atom stereocenters. The summed E-state index contributed by atoms with van der Waals surface area (Å²) in [5, 5.41) is 2.80. The van der Waals surface area contributed by atoms with E-state index in [9.17, 15) is 14.4 Å². The number of esters is 1. The third-order valence-corrected chi connectivity index (χ3v) is 4.46. The van der Waals surface area contributed by atoms with Gasteiger partial charge in [-0.1, -0.05) is 6.42 Å². The van der Waals surface area contributed by atoms with Gasteiger partial charge in [-0.15, -0.1) is 0 Å². The number of rotatable bonds is 2. The summed E-state index contributed by atoms with van der Waals surface area (Å²) < 4.78 is 5.49. The first-order chi connectivity index (χ1) is 10.6. The fourth-order valence-electron chi connectivity index (χ4n) is 3.10. The molecule has 0 saturated carbocycles. The molecule has 1 N–H and O–H groups in total. The van der Waals surface area contributed by atoms with E-state index >= 15 is 0 Å². The Bertz CT molecular complexity index is 497. The Kier molecular flexibility index (Phi) is 5.01. The fourth-order valence-corrected chi connectivity index (χ4v) is 3.10. The van der Waals surface area contributed by atoms with Crippen LogP contribution < -0.4 is 5.32 Å². The molecule has 2 fully saturated rings. The van der Waals surface area contributed by atoms with Crippen molar-refractivity contribution in [3.63, 3.8) is 0 Å². The summed E-state index contributed by atoms with van der Waals surface area (Å²) in [6.45, 7) is 8.25. The zero-order valence-corrected chi connectivity index (χ0v) is 14.6. The third-order valence-electron chi connectivity index (χ3n) is 4.46. The molecule has 2 saturated heterocycles. The van der Waals surface area contributed by atoms with Crippen molar-refractivity contribution in [3.05, 3.63) is 0 Å². The maximum absolute atomic E-state index is 12.7. The highest BCUT2D eigenvalue weighted by Gasteiger charge is 2.45. The molecule has 130 valence electrons. The minimum Gasteiger partial charge on any atom is -0.459 e. The van der Waals surface area contributed by atoms with E-state index in [4.69, 9.17) is 4.74 Å². The summed E-state index contributed by atoms with van der Waals surface area (Å²) >= 11 is 0. The summed E-state index contributed by atoms with van der Waals surface area (Å²) in [6.07, 6.45) is 3.44. The van der Waals surface area contributed by atoms with Crippen molar-refractivity contribution in [2.24, 2.45) is 5.41 Å². The Morgan fingerprint density at radius 3 is 2.65 bits per heavy atom. The van der Waals surface area contributed by atoms with Crippen LogP contribution in [0.2, 0.25) is 0 Å². The van der Waals surface area contributed by atoms with Gasteiger partial charge in [-0.25, -0.2) is 0 Å². The first-order valence-electron chi connectivity index (χ1n) is 8.42. The number of hydrogen-bond donors (Lipinski definition) is 1. The van der Waals surface area contributed by atoms with Crippen LogP contribution in [0.25, 0.3) is 0 Å². The molecule has 2 rings (SSSR count). The van der Waals surface area contributed by atoms with Gasteiger partial charge >= 0.3 is 5.97 Å². The molecular formula is C17H28N2O4. The van der Waals surface area contributed by atoms with E-state index in [1.54, 1.807) is 4.90 Å². The monoisotopic (exact) mass is 324 g/mol. The third kappa shape index (κ3) is 4.45. The fraction of sp³-hybridized carbons (Fsp3) is 0.824. The lowest BCUT2D eigenvalue weighted by Crippen LogP contribution is -2.48. The molecule has 0 spiro atoms. The second kappa shape index (κ2) is 6.49. The quantitative estimate of drug-likeness (QED) is 0.783. The van der Waals surface area contributed by atoms with Crippen LogP contribution in [0.3, 0.4) is 0 Å². The van der Waals surface area contributed by atoms with Crippen molar-refractivity contribution < 1.29 is 19.1 Å². The Balaban J connectivity index is 1.99. The highest BCUT2D eigenvalue weighted by molar-refractivity contribution is 5.89. The van der Waals surface area contributed by atoms with Gasteiger partial charge in [0, 0.05) is 19.5 Å². The predicted molar refractivity (Wildman–Crippen MR) is 85.5 cm³/mol. The van der Waals surface area contributed by atoms with Gasteiger partial charge in [-0.05, 0) is 47.0 Å². The van der Waals surface area contributed by atoms with Gasteiger partial charge in [0.1, 0.15) is 11.6 Å². The van der Waals surface area contributed by atoms with Crippen LogP contribution in [0, 0.1) is 5.41 Å². The lowest BCUT2D eigenvalue weighted by atomic mass is 9.90. The SMILES string of the molecule is CC(C)(C)OC(=O)[C@@]1(C)CCN(C(=O)[C@@H]2CCCCC(=O)N2)C1. The molecule has 0 aliphatic carbocycles. The smallest absolute Gasteiger partial charge is 0.314 e. The van der Waals surface area contributed by atoms with Gasteiger partial charge in [0.15, 0.2) is 0 Å². The minimum absolute atomic E-state index is 0.0602. The molecule has 2 aliphatic heterocycles. The van der Waals surface area contributed by atoms with Crippen LogP contribution in [0.5, 0.6) is 0 Å². The topological polar surface area (TPSA) is 75.7 Å². The number of nitrogens with zero attached hydrogens (tertiary/aromatic N) is 1. The number of hydrogen-bond acceptors (Lipinski definition) is 4. The van der Waals surface area contributed by atoms with Gasteiger partial charge in [-0.3, -0.25) is 14.4 Å². The lowest BCUT2D eigenvalue weighted by Gasteiger charge is -2.29. The molecule has 6 heteroatoms. The van der Waals surface area contributed by atoms with E-state index in [0.29, 0.717) is 32.4 Å². The molecular weight excluding hydrogens is 296 g/mol. The summed E-state index contributed by atoms with van der Waals surface area (Å²) in [5.41, 5.74) is -1.20. The second-order valence-electron chi connectivity index (χ2n) is 7.94. The normalized spacial score (nSPS) is 29.0. The lowest BCUT2D eigenvalue weighted by molar-refractivity contribution is -0.166. The van der Waals surface area contributed by atoms with Crippen molar-refractivity contribution in [1.29, 1.82) is 0 Å². The van der Waals surface area contributed by atoms with Crippen LogP contribution >= 0.6 is 0 Å². The van der Waals surface area contributed by atoms with Crippen molar-refractivity contribution in [2.75, 3.05) is 13.1 Å². The highest BCUT2D eigenvalue weighted by atomic mass is 16.6. The summed E-state index contributed by atoms with van der Waals surface area (Å²) in [7, 11) is 0. The van der Waals surface area contributed by atoms with E-state index in [0.717, 1.165) is 12.8 Å². The number of ether oxygens (including phenoxy) is 1. The molecule has 2 heterocycles. The molecule has 0 aromatic rings. The van der Waals surface area contributed by atoms with Gasteiger partial charge in [0.25, 0.3) is 0 Å². The summed E-state index contributed by atoms with van der Waals surface area (Å²) in [4.78, 5) is 38.4. The van der Waals surface area contributed by atoms with E-state index in [-0.39, 0.29) is 17.8 Å². The van der Waals surface area contributed by atoms with Gasteiger partial charge in [-0.2, -0.15) is 0 Å². The number of carbonyl (C=O) groups excluding carboxylic acids is 3. The van der Waals surface area contributed by atoms with E-state index in [2.05, 4.69) is 5.32 Å². The highest BCUT2D eigenvalue weighted by Crippen LogP contribution is 2.33. The molecule has 0 aromatic heterocycles. The molecule has 2 aliphatic rings. The van der Waals surface area contributed by atoms with Crippen LogP contribution in [-0.4, -0.2) is 47.4 Å². The Morgan fingerprint density at radius 1 is 1.30 bits per heavy atom. The predicted octanol–water partition coefficient (Wildman–Crippen LogP) is 1.63. The largest absolute Gasteiger partial charge is 0.459 e. The Morgan fingerprint density at radius 2 is 2.00 bits per heavy atom. The molecule has 0 aromatic carbocycles. The molecule has 6 nitrogen and oxygen atoms in total. The van der Waals surface area contributed by atoms with Crippen LogP contribution in [-0.2, 0) is 19.1 Å². The minimum atomic E-state index is -0.669. The average molecular weight is 324 g/mol. The number of nitrogens with one attached hydrogen (secondary N) is 1. The van der Waals surface area contributed by atoms with E-state index in [1.807, 2.05) is 27.7 Å². The molecule has 2 atom stereocenters. The van der Waals surface area contributed by atoms with Crippen LogP contribution in [0.4, 0.5) is 0 Å². The summed E-state index contributed by atoms with van der Waals surface area (Å²) in [6, 6.07) is -0.453. The van der Waals surface area contributed by atoms with Crippen LogP contribution in [0.15, 0.2) is 0 Å². The number of amides is 2. The van der Waals surface area contributed by atoms with Crippen molar-refractivity contribution >= 4 is 17.8 Å². The molecule has 23 heavy (non-hydrogen) atoms. The Hall–Kier alpha value is -1.59. The first kappa shape index (κ1) is 17.8. The number of likely N-dealkylation sites (tertiary alicyclic amines) is 1. The molecule has 0 radical (unpaired) electrons. The zero-order chi connectivity index (χ0) is 17.3. The molecule has 0 bridgehead atoms. The zero-order valence-electron chi connectivity index (χ0n) is 14.6. The van der Waals surface area contributed by atoms with E-state index < -0.39 is 17.1 Å². The Labute approximate surface area is 137 Å². The van der Waals surface area contributed by atoms with Gasteiger partial charge in [0.05, 0.1) is 5.41 Å². The number of carbonyl (C=O) groups is 3. The average Bonchev–Trinajstić information content (AvgIpc) is 2.70. The van der Waals surface area contributed by atoms with Crippen molar-refractivity contribution in [1.82, 2.24) is 10.2 Å². The van der Waals surface area contributed by atoms with Gasteiger partial charge in [0.2, 0.25) is 11.8 Å². The first-order valence-corrected chi connectivity index (χ1v) is 8.42.